The van der Waals surface area contributed by atoms with E-state index in [1.807, 2.05) is 0 Å². The van der Waals surface area contributed by atoms with E-state index in [0.717, 1.165) is 38.8 Å². The monoisotopic (exact) mass is 346 g/mol. The van der Waals surface area contributed by atoms with Gasteiger partial charge in [-0.3, -0.25) is 9.69 Å². The van der Waals surface area contributed by atoms with Gasteiger partial charge in [0.25, 0.3) is 0 Å². The third kappa shape index (κ3) is 3.37. The summed E-state index contributed by atoms with van der Waals surface area (Å²) in [5, 5.41) is 8.25. The minimum atomic E-state index is 0.105. The van der Waals surface area contributed by atoms with Crippen molar-refractivity contribution in [1.29, 1.82) is 0 Å². The van der Waals surface area contributed by atoms with Crippen molar-refractivity contribution in [2.75, 3.05) is 13.1 Å². The molecule has 1 atom stereocenters. The van der Waals surface area contributed by atoms with E-state index in [0.29, 0.717) is 24.3 Å². The molecular formula is C17H22N4O2S. The van der Waals surface area contributed by atoms with E-state index in [4.69, 9.17) is 4.52 Å². The number of carbonyl (C=O) groups excluding carboxylic acids is 1. The highest BCUT2D eigenvalue weighted by molar-refractivity contribution is 7.07. The summed E-state index contributed by atoms with van der Waals surface area (Å²) in [6.45, 7) is 3.89. The van der Waals surface area contributed by atoms with Crippen LogP contribution in [0, 0.1) is 6.92 Å². The normalized spacial score (nSPS) is 21.3. The molecule has 2 aliphatic rings. The van der Waals surface area contributed by atoms with Crippen LogP contribution in [0.2, 0.25) is 0 Å². The number of aryl methyl sites for hydroxylation is 1. The number of thiophene rings is 1. The number of rotatable bonds is 6. The van der Waals surface area contributed by atoms with Gasteiger partial charge in [-0.25, -0.2) is 0 Å². The first-order valence-electron chi connectivity index (χ1n) is 8.55. The first-order valence-corrected chi connectivity index (χ1v) is 9.50. The van der Waals surface area contributed by atoms with Crippen molar-refractivity contribution in [2.45, 2.75) is 51.2 Å². The molecule has 3 heterocycles. The highest BCUT2D eigenvalue weighted by Gasteiger charge is 2.36. The Morgan fingerprint density at radius 2 is 2.33 bits per heavy atom. The quantitative estimate of drug-likeness (QED) is 0.805. The molecule has 6 nitrogen and oxygen atoms in total. The van der Waals surface area contributed by atoms with Crippen molar-refractivity contribution < 1.29 is 9.32 Å². The van der Waals surface area contributed by atoms with Crippen LogP contribution in [-0.4, -0.2) is 45.0 Å². The zero-order chi connectivity index (χ0) is 16.5. The van der Waals surface area contributed by atoms with E-state index >= 15 is 0 Å². The lowest BCUT2D eigenvalue weighted by atomic mass is 10.2. The number of carbonyl (C=O) groups is 1. The van der Waals surface area contributed by atoms with Crippen LogP contribution in [0.4, 0.5) is 0 Å². The summed E-state index contributed by atoms with van der Waals surface area (Å²) in [7, 11) is 0. The van der Waals surface area contributed by atoms with Crippen molar-refractivity contribution in [3.8, 4) is 0 Å². The molecule has 1 aliphatic heterocycles. The first kappa shape index (κ1) is 15.8. The zero-order valence-electron chi connectivity index (χ0n) is 13.9. The van der Waals surface area contributed by atoms with Crippen molar-refractivity contribution in [2.24, 2.45) is 0 Å². The van der Waals surface area contributed by atoms with Crippen LogP contribution in [0.15, 0.2) is 21.3 Å². The fourth-order valence-corrected chi connectivity index (χ4v) is 4.07. The molecule has 1 amide bonds. The van der Waals surface area contributed by atoms with Gasteiger partial charge in [0.1, 0.15) is 0 Å². The summed E-state index contributed by atoms with van der Waals surface area (Å²) >= 11 is 1.68. The van der Waals surface area contributed by atoms with E-state index in [1.54, 1.807) is 18.3 Å². The van der Waals surface area contributed by atoms with E-state index in [2.05, 4.69) is 36.8 Å². The molecule has 4 rings (SSSR count). The van der Waals surface area contributed by atoms with Crippen LogP contribution in [0.3, 0.4) is 0 Å². The van der Waals surface area contributed by atoms with Gasteiger partial charge in [-0.2, -0.15) is 16.3 Å². The predicted octanol–water partition coefficient (Wildman–Crippen LogP) is 2.77. The van der Waals surface area contributed by atoms with Crippen LogP contribution in [0.5, 0.6) is 0 Å². The Morgan fingerprint density at radius 1 is 1.46 bits per heavy atom. The van der Waals surface area contributed by atoms with E-state index < -0.39 is 0 Å². The molecule has 128 valence electrons. The highest BCUT2D eigenvalue weighted by Crippen LogP contribution is 2.32. The van der Waals surface area contributed by atoms with Gasteiger partial charge >= 0.3 is 0 Å². The van der Waals surface area contributed by atoms with Crippen molar-refractivity contribution in [3.05, 3.63) is 34.1 Å². The molecule has 2 aromatic heterocycles. The number of aromatic nitrogens is 2. The topological polar surface area (TPSA) is 62.5 Å². The molecule has 7 heteroatoms. The maximum atomic E-state index is 12.9. The van der Waals surface area contributed by atoms with Gasteiger partial charge in [-0.05, 0) is 54.6 Å². The predicted molar refractivity (Wildman–Crippen MR) is 90.5 cm³/mol. The number of hydrogen-bond acceptors (Lipinski definition) is 6. The van der Waals surface area contributed by atoms with Gasteiger partial charge < -0.3 is 9.42 Å². The zero-order valence-corrected chi connectivity index (χ0v) is 14.7. The number of nitrogens with zero attached hydrogens (tertiary/aromatic N) is 4. The molecule has 0 aromatic carbocycles. The van der Waals surface area contributed by atoms with E-state index in [-0.39, 0.29) is 11.9 Å². The molecule has 2 fully saturated rings. The second-order valence-electron chi connectivity index (χ2n) is 6.68. The largest absolute Gasteiger partial charge is 0.340 e. The standard InChI is InChI=1S/C17H22N4O2S/c1-12-18-17(19-23-12)15-3-2-7-20(15)10-16(22)21(14-4-5-14)9-13-6-8-24-11-13/h6,8,11,14-15H,2-5,7,9-10H2,1H3/t15-/m0/s1. The Balaban J connectivity index is 1.43. The summed E-state index contributed by atoms with van der Waals surface area (Å²) in [5.74, 6) is 1.52. The Kier molecular flexibility index (Phi) is 4.37. The lowest BCUT2D eigenvalue weighted by Crippen LogP contribution is -2.41. The third-order valence-electron chi connectivity index (χ3n) is 4.78. The highest BCUT2D eigenvalue weighted by atomic mass is 32.1. The molecule has 0 unspecified atom stereocenters. The molecule has 1 saturated heterocycles. The molecule has 0 N–H and O–H groups in total. The number of likely N-dealkylation sites (tertiary alicyclic amines) is 1. The minimum Gasteiger partial charge on any atom is -0.340 e. The lowest BCUT2D eigenvalue weighted by molar-refractivity contribution is -0.134. The van der Waals surface area contributed by atoms with E-state index in [1.165, 1.54) is 5.56 Å². The molecule has 0 radical (unpaired) electrons. The second-order valence-corrected chi connectivity index (χ2v) is 7.46. The molecule has 2 aromatic rings. The Hall–Kier alpha value is -1.73. The second kappa shape index (κ2) is 6.64. The smallest absolute Gasteiger partial charge is 0.237 e. The van der Waals surface area contributed by atoms with Gasteiger partial charge in [0.2, 0.25) is 11.8 Å². The Bertz CT molecular complexity index is 695. The molecule has 1 saturated carbocycles. The minimum absolute atomic E-state index is 0.105. The molecule has 24 heavy (non-hydrogen) atoms. The van der Waals surface area contributed by atoms with Crippen LogP contribution in [-0.2, 0) is 11.3 Å². The lowest BCUT2D eigenvalue weighted by Gasteiger charge is -2.27. The summed E-state index contributed by atoms with van der Waals surface area (Å²) in [5.41, 5.74) is 1.23. The molecule has 0 bridgehead atoms. The van der Waals surface area contributed by atoms with Gasteiger partial charge in [0.05, 0.1) is 12.6 Å². The van der Waals surface area contributed by atoms with Gasteiger partial charge in [-0.15, -0.1) is 0 Å². The van der Waals surface area contributed by atoms with Gasteiger partial charge in [0, 0.05) is 19.5 Å². The average Bonchev–Trinajstić information content (AvgIpc) is 2.96. The van der Waals surface area contributed by atoms with Gasteiger partial charge in [0.15, 0.2) is 5.82 Å². The Morgan fingerprint density at radius 3 is 3.00 bits per heavy atom. The fourth-order valence-electron chi connectivity index (χ4n) is 3.41. The summed E-state index contributed by atoms with van der Waals surface area (Å²) in [6.07, 6.45) is 4.31. The number of amides is 1. The SMILES string of the molecule is Cc1nc([C@@H]2CCCN2CC(=O)N(Cc2ccsc2)C2CC2)no1. The van der Waals surface area contributed by atoms with Crippen molar-refractivity contribution >= 4 is 17.2 Å². The maximum absolute atomic E-state index is 12.9. The summed E-state index contributed by atoms with van der Waals surface area (Å²) in [4.78, 5) is 21.5. The Labute approximate surface area is 145 Å². The van der Waals surface area contributed by atoms with E-state index in [9.17, 15) is 4.79 Å². The number of hydrogen-bond donors (Lipinski definition) is 0. The van der Waals surface area contributed by atoms with Crippen LogP contribution in [0.1, 0.15) is 49.0 Å². The maximum Gasteiger partial charge on any atom is 0.237 e. The molecule has 0 spiro atoms. The molecular weight excluding hydrogens is 324 g/mol. The third-order valence-corrected chi connectivity index (χ3v) is 5.52. The van der Waals surface area contributed by atoms with Crippen molar-refractivity contribution in [3.63, 3.8) is 0 Å². The molecule has 1 aliphatic carbocycles. The van der Waals surface area contributed by atoms with Crippen molar-refractivity contribution in [1.82, 2.24) is 19.9 Å². The summed E-state index contributed by atoms with van der Waals surface area (Å²) < 4.78 is 5.11. The first-order chi connectivity index (χ1) is 11.7. The van der Waals surface area contributed by atoms with Crippen LogP contribution in [0.25, 0.3) is 0 Å². The average molecular weight is 346 g/mol. The van der Waals surface area contributed by atoms with Crippen LogP contribution < -0.4 is 0 Å². The summed E-state index contributed by atoms with van der Waals surface area (Å²) in [6, 6.07) is 2.63. The fraction of sp³-hybridized carbons (Fsp3) is 0.588. The van der Waals surface area contributed by atoms with Crippen LogP contribution >= 0.6 is 11.3 Å². The van der Waals surface area contributed by atoms with Gasteiger partial charge in [-0.1, -0.05) is 5.16 Å².